The second kappa shape index (κ2) is 6.80. The van der Waals surface area contributed by atoms with Gasteiger partial charge < -0.3 is 10.4 Å². The molecule has 1 aromatic carbocycles. The molecule has 3 heteroatoms. The van der Waals surface area contributed by atoms with E-state index in [1.165, 1.54) is 0 Å². The van der Waals surface area contributed by atoms with Crippen LogP contribution in [-0.4, -0.2) is 17.6 Å². The highest BCUT2D eigenvalue weighted by atomic mass is 16.3. The summed E-state index contributed by atoms with van der Waals surface area (Å²) in [6.07, 6.45) is 3.60. The van der Waals surface area contributed by atoms with Crippen LogP contribution in [0.25, 0.3) is 0 Å². The number of hydrogen-bond acceptors (Lipinski definition) is 2. The Morgan fingerprint density at radius 3 is 2.75 bits per heavy atom. The van der Waals surface area contributed by atoms with Gasteiger partial charge in [0.05, 0.1) is 0 Å². The van der Waals surface area contributed by atoms with E-state index < -0.39 is 6.10 Å². The van der Waals surface area contributed by atoms with E-state index in [9.17, 15) is 9.90 Å². The van der Waals surface area contributed by atoms with Crippen molar-refractivity contribution in [3.63, 3.8) is 0 Å². The first-order valence-electron chi connectivity index (χ1n) is 5.37. The summed E-state index contributed by atoms with van der Waals surface area (Å²) in [4.78, 5) is 11.5. The highest BCUT2D eigenvalue weighted by Crippen LogP contribution is 2.11. The predicted molar refractivity (Wildman–Crippen MR) is 63.8 cm³/mol. The highest BCUT2D eigenvalue weighted by Gasteiger charge is 2.15. The summed E-state index contributed by atoms with van der Waals surface area (Å²) in [6, 6.07) is 8.91. The lowest BCUT2D eigenvalue weighted by atomic mass is 10.1. The van der Waals surface area contributed by atoms with Crippen LogP contribution in [0.1, 0.15) is 25.0 Å². The van der Waals surface area contributed by atoms with Crippen LogP contribution >= 0.6 is 0 Å². The van der Waals surface area contributed by atoms with E-state index in [1.54, 1.807) is 24.3 Å². The molecule has 1 aromatic rings. The molecule has 0 saturated heterocycles. The van der Waals surface area contributed by atoms with Crippen molar-refractivity contribution >= 4 is 5.91 Å². The SMILES string of the molecule is CC=CCCNC(=O)C(O)c1ccccc1. The number of hydrogen-bond donors (Lipinski definition) is 2. The van der Waals surface area contributed by atoms with E-state index in [-0.39, 0.29) is 5.91 Å². The number of amides is 1. The van der Waals surface area contributed by atoms with Crippen LogP contribution in [-0.2, 0) is 4.79 Å². The third-order valence-electron chi connectivity index (χ3n) is 2.21. The minimum Gasteiger partial charge on any atom is -0.378 e. The first-order valence-corrected chi connectivity index (χ1v) is 5.37. The lowest BCUT2D eigenvalue weighted by Crippen LogP contribution is -2.29. The molecular weight excluding hydrogens is 202 g/mol. The molecule has 0 aliphatic carbocycles. The molecule has 0 radical (unpaired) electrons. The molecule has 1 rings (SSSR count). The summed E-state index contributed by atoms with van der Waals surface area (Å²) >= 11 is 0. The Balaban J connectivity index is 2.42. The molecular formula is C13H17NO2. The van der Waals surface area contributed by atoms with Crippen molar-refractivity contribution < 1.29 is 9.90 Å². The van der Waals surface area contributed by atoms with Crippen LogP contribution in [0, 0.1) is 0 Å². The van der Waals surface area contributed by atoms with Gasteiger partial charge in [-0.05, 0) is 18.9 Å². The number of nitrogens with one attached hydrogen (secondary N) is 1. The first-order chi connectivity index (χ1) is 7.75. The van der Waals surface area contributed by atoms with Gasteiger partial charge in [-0.2, -0.15) is 0 Å². The van der Waals surface area contributed by atoms with Crippen LogP contribution in [0.5, 0.6) is 0 Å². The zero-order valence-corrected chi connectivity index (χ0v) is 9.39. The summed E-state index contributed by atoms with van der Waals surface area (Å²) in [7, 11) is 0. The second-order valence-corrected chi connectivity index (χ2v) is 3.46. The Bertz CT molecular complexity index is 346. The lowest BCUT2D eigenvalue weighted by Gasteiger charge is -2.10. The van der Waals surface area contributed by atoms with Crippen LogP contribution < -0.4 is 5.32 Å². The average Bonchev–Trinajstić information content (AvgIpc) is 2.34. The third kappa shape index (κ3) is 3.87. The molecule has 3 nitrogen and oxygen atoms in total. The van der Waals surface area contributed by atoms with Gasteiger partial charge in [0.15, 0.2) is 6.10 Å². The molecule has 0 aliphatic heterocycles. The molecule has 16 heavy (non-hydrogen) atoms. The normalized spacial score (nSPS) is 12.6. The summed E-state index contributed by atoms with van der Waals surface area (Å²) < 4.78 is 0. The Hall–Kier alpha value is -1.61. The first kappa shape index (κ1) is 12.5. The van der Waals surface area contributed by atoms with Gasteiger partial charge in [-0.25, -0.2) is 0 Å². The fourth-order valence-corrected chi connectivity index (χ4v) is 1.33. The summed E-state index contributed by atoms with van der Waals surface area (Å²) in [6.45, 7) is 2.48. The molecule has 1 unspecified atom stereocenters. The molecule has 1 amide bonds. The lowest BCUT2D eigenvalue weighted by molar-refractivity contribution is -0.129. The minimum absolute atomic E-state index is 0.351. The maximum atomic E-state index is 11.5. The Kier molecular flexibility index (Phi) is 5.29. The fourth-order valence-electron chi connectivity index (χ4n) is 1.33. The van der Waals surface area contributed by atoms with E-state index in [4.69, 9.17) is 0 Å². The Morgan fingerprint density at radius 2 is 2.12 bits per heavy atom. The average molecular weight is 219 g/mol. The molecule has 0 spiro atoms. The van der Waals surface area contributed by atoms with E-state index in [0.29, 0.717) is 12.1 Å². The second-order valence-electron chi connectivity index (χ2n) is 3.46. The van der Waals surface area contributed by atoms with Crippen molar-refractivity contribution in [2.45, 2.75) is 19.4 Å². The molecule has 0 heterocycles. The molecule has 1 atom stereocenters. The van der Waals surface area contributed by atoms with E-state index >= 15 is 0 Å². The molecule has 0 aliphatic rings. The van der Waals surface area contributed by atoms with Crippen molar-refractivity contribution in [2.75, 3.05) is 6.54 Å². The number of carbonyl (C=O) groups excluding carboxylic acids is 1. The molecule has 86 valence electrons. The van der Waals surface area contributed by atoms with Gasteiger partial charge in [-0.3, -0.25) is 4.79 Å². The van der Waals surface area contributed by atoms with Gasteiger partial charge in [0.2, 0.25) is 0 Å². The number of aliphatic hydroxyl groups is 1. The zero-order valence-electron chi connectivity index (χ0n) is 9.39. The molecule has 0 saturated carbocycles. The van der Waals surface area contributed by atoms with E-state index in [0.717, 1.165) is 6.42 Å². The summed E-state index contributed by atoms with van der Waals surface area (Å²) in [5, 5.41) is 12.4. The minimum atomic E-state index is -1.08. The van der Waals surface area contributed by atoms with Gasteiger partial charge in [-0.1, -0.05) is 42.5 Å². The number of allylic oxidation sites excluding steroid dienone is 1. The van der Waals surface area contributed by atoms with Gasteiger partial charge >= 0.3 is 0 Å². The van der Waals surface area contributed by atoms with E-state index in [1.807, 2.05) is 25.1 Å². The van der Waals surface area contributed by atoms with Crippen molar-refractivity contribution in [3.05, 3.63) is 48.0 Å². The van der Waals surface area contributed by atoms with Crippen LogP contribution in [0.15, 0.2) is 42.5 Å². The maximum absolute atomic E-state index is 11.5. The van der Waals surface area contributed by atoms with Crippen LogP contribution in [0.3, 0.4) is 0 Å². The van der Waals surface area contributed by atoms with Crippen molar-refractivity contribution in [2.24, 2.45) is 0 Å². The molecule has 0 bridgehead atoms. The van der Waals surface area contributed by atoms with Crippen LogP contribution in [0.2, 0.25) is 0 Å². The van der Waals surface area contributed by atoms with Gasteiger partial charge in [-0.15, -0.1) is 0 Å². The van der Waals surface area contributed by atoms with Gasteiger partial charge in [0.25, 0.3) is 5.91 Å². The third-order valence-corrected chi connectivity index (χ3v) is 2.21. The summed E-state index contributed by atoms with van der Waals surface area (Å²) in [5.41, 5.74) is 0.617. The molecule has 2 N–H and O–H groups in total. The number of rotatable bonds is 5. The van der Waals surface area contributed by atoms with Crippen molar-refractivity contribution in [1.29, 1.82) is 0 Å². The van der Waals surface area contributed by atoms with Crippen molar-refractivity contribution in [3.8, 4) is 0 Å². The Morgan fingerprint density at radius 1 is 1.44 bits per heavy atom. The molecule has 0 aromatic heterocycles. The van der Waals surface area contributed by atoms with E-state index in [2.05, 4.69) is 5.32 Å². The summed E-state index contributed by atoms with van der Waals surface area (Å²) in [5.74, 6) is -0.351. The van der Waals surface area contributed by atoms with Gasteiger partial charge in [0, 0.05) is 6.54 Å². The topological polar surface area (TPSA) is 49.3 Å². The monoisotopic (exact) mass is 219 g/mol. The number of benzene rings is 1. The van der Waals surface area contributed by atoms with Crippen LogP contribution in [0.4, 0.5) is 0 Å². The maximum Gasteiger partial charge on any atom is 0.253 e. The predicted octanol–water partition coefficient (Wildman–Crippen LogP) is 1.80. The zero-order chi connectivity index (χ0) is 11.8. The molecule has 0 fully saturated rings. The largest absolute Gasteiger partial charge is 0.378 e. The Labute approximate surface area is 95.8 Å². The van der Waals surface area contributed by atoms with Crippen molar-refractivity contribution in [1.82, 2.24) is 5.32 Å². The number of carbonyl (C=O) groups is 1. The smallest absolute Gasteiger partial charge is 0.253 e. The van der Waals surface area contributed by atoms with Gasteiger partial charge in [0.1, 0.15) is 0 Å². The fraction of sp³-hybridized carbons (Fsp3) is 0.308. The number of aliphatic hydroxyl groups excluding tert-OH is 1. The quantitative estimate of drug-likeness (QED) is 0.586. The highest BCUT2D eigenvalue weighted by molar-refractivity contribution is 5.81. The standard InChI is InChI=1S/C13H17NO2/c1-2-3-7-10-14-13(16)12(15)11-8-5-4-6-9-11/h2-6,8-9,12,15H,7,10H2,1H3,(H,14,16).